The monoisotopic (exact) mass is 720 g/mol. The fourth-order valence-electron chi connectivity index (χ4n) is 9.97. The zero-order valence-corrected chi connectivity index (χ0v) is 30.2. The summed E-state index contributed by atoms with van der Waals surface area (Å²) in [6, 6.07) is 14.1. The number of fused-ring (bicyclic) bond motifs is 2. The Kier molecular flexibility index (Phi) is 9.48. The average molecular weight is 721 g/mol. The quantitative estimate of drug-likeness (QED) is 0.219. The van der Waals surface area contributed by atoms with Crippen LogP contribution >= 0.6 is 0 Å². The second kappa shape index (κ2) is 14.5. The molecule has 2 aromatic carbocycles. The van der Waals surface area contributed by atoms with E-state index >= 15 is 0 Å². The van der Waals surface area contributed by atoms with Crippen molar-refractivity contribution in [2.45, 2.75) is 151 Å². The van der Waals surface area contributed by atoms with Gasteiger partial charge >= 0.3 is 0 Å². The van der Waals surface area contributed by atoms with E-state index < -0.39 is 0 Å². The van der Waals surface area contributed by atoms with Crippen molar-refractivity contribution >= 4 is 23.6 Å². The van der Waals surface area contributed by atoms with Gasteiger partial charge in [0.15, 0.2) is 0 Å². The Hall–Kier alpha value is -4.22. The van der Waals surface area contributed by atoms with Crippen LogP contribution < -0.4 is 0 Å². The predicted octanol–water partition coefficient (Wildman–Crippen LogP) is 7.37. The highest BCUT2D eigenvalue weighted by Gasteiger charge is 2.43. The summed E-state index contributed by atoms with van der Waals surface area (Å²) < 4.78 is 19.4. The summed E-state index contributed by atoms with van der Waals surface area (Å²) >= 11 is 0. The van der Waals surface area contributed by atoms with Gasteiger partial charge in [-0.2, -0.15) is 0 Å². The van der Waals surface area contributed by atoms with Gasteiger partial charge in [0.05, 0.1) is 46.7 Å². The molecule has 9 rings (SSSR count). The lowest BCUT2D eigenvalue weighted by atomic mass is 9.86. The van der Waals surface area contributed by atoms with Gasteiger partial charge in [-0.3, -0.25) is 29.0 Å². The third-order valence-corrected chi connectivity index (χ3v) is 12.9. The molecular weight excluding hydrogens is 672 g/mol. The average Bonchev–Trinajstić information content (AvgIpc) is 3.86. The van der Waals surface area contributed by atoms with Crippen molar-refractivity contribution in [3.8, 4) is 0 Å². The van der Waals surface area contributed by atoms with Crippen molar-refractivity contribution in [1.29, 1.82) is 0 Å². The van der Waals surface area contributed by atoms with Crippen LogP contribution in [0.5, 0.6) is 0 Å². The fourth-order valence-corrected chi connectivity index (χ4v) is 9.97. The molecule has 11 heteroatoms. The highest BCUT2D eigenvalue weighted by Crippen LogP contribution is 2.40. The van der Waals surface area contributed by atoms with Crippen LogP contribution in [0.25, 0.3) is 0 Å². The number of carbonyl (C=O) groups excluding carboxylic acids is 4. The van der Waals surface area contributed by atoms with Gasteiger partial charge in [-0.05, 0) is 127 Å². The minimum Gasteiger partial charge on any atom is -0.425 e. The summed E-state index contributed by atoms with van der Waals surface area (Å²) in [4.78, 5) is 54.7. The number of aromatic nitrogens is 2. The van der Waals surface area contributed by atoms with Crippen LogP contribution in [0.2, 0.25) is 0 Å². The third kappa shape index (κ3) is 6.64. The van der Waals surface area contributed by atoms with E-state index in [1.165, 1.54) is 9.80 Å². The van der Waals surface area contributed by atoms with Crippen molar-refractivity contribution in [3.63, 3.8) is 0 Å². The molecule has 4 amide bonds. The largest absolute Gasteiger partial charge is 0.425 e. The summed E-state index contributed by atoms with van der Waals surface area (Å²) in [5.41, 5.74) is 2.09. The van der Waals surface area contributed by atoms with Crippen molar-refractivity contribution < 1.29 is 33.1 Å². The second-order valence-corrected chi connectivity index (χ2v) is 16.1. The van der Waals surface area contributed by atoms with E-state index in [0.29, 0.717) is 22.3 Å². The maximum Gasteiger partial charge on any atom is 0.261 e. The van der Waals surface area contributed by atoms with Gasteiger partial charge < -0.3 is 13.9 Å². The number of hydrogen-bond donors (Lipinski definition) is 0. The summed E-state index contributed by atoms with van der Waals surface area (Å²) in [6.45, 7) is 0. The van der Waals surface area contributed by atoms with Crippen LogP contribution in [0.15, 0.2) is 52.9 Å². The number of ether oxygens (including phenoxy) is 2. The molecule has 0 N–H and O–H groups in total. The Morgan fingerprint density at radius 1 is 0.434 bits per heavy atom. The zero-order valence-electron chi connectivity index (χ0n) is 30.2. The second-order valence-electron chi connectivity index (χ2n) is 16.1. The number of imide groups is 2. The van der Waals surface area contributed by atoms with Crippen LogP contribution in [0, 0.1) is 0 Å². The molecule has 11 nitrogen and oxygen atoms in total. The van der Waals surface area contributed by atoms with E-state index in [1.807, 2.05) is 24.3 Å². The van der Waals surface area contributed by atoms with E-state index in [9.17, 15) is 19.2 Å². The minimum absolute atomic E-state index is 0.0557. The summed E-state index contributed by atoms with van der Waals surface area (Å²) in [5.74, 6) is 1.40. The molecule has 3 heterocycles. The van der Waals surface area contributed by atoms with Crippen LogP contribution in [0.4, 0.5) is 0 Å². The molecule has 278 valence electrons. The third-order valence-electron chi connectivity index (χ3n) is 12.9. The molecule has 4 saturated carbocycles. The Bertz CT molecular complexity index is 1660. The summed E-state index contributed by atoms with van der Waals surface area (Å²) in [5, 5.41) is 9.01. The van der Waals surface area contributed by atoms with Crippen LogP contribution in [0.1, 0.15) is 168 Å². The molecule has 4 fully saturated rings. The maximum atomic E-state index is 12.9. The number of benzene rings is 2. The SMILES string of the molecule is O=C1c2ccccc2C(=O)N1C1CCC(OC2CCC(c3nnc(C4CCC(OC5CCC(N6C(=O)c7ccccc7C6=O)CC5)CC4)o3)CC2)CC1. The normalized spacial score (nSPS) is 31.9. The topological polar surface area (TPSA) is 132 Å². The Morgan fingerprint density at radius 2 is 0.717 bits per heavy atom. The summed E-state index contributed by atoms with van der Waals surface area (Å²) in [7, 11) is 0. The van der Waals surface area contributed by atoms with Crippen molar-refractivity contribution in [1.82, 2.24) is 20.0 Å². The first kappa shape index (κ1) is 34.5. The van der Waals surface area contributed by atoms with E-state index in [1.54, 1.807) is 24.3 Å². The van der Waals surface area contributed by atoms with Gasteiger partial charge in [-0.1, -0.05) is 24.3 Å². The lowest BCUT2D eigenvalue weighted by Gasteiger charge is -2.36. The van der Waals surface area contributed by atoms with Gasteiger partial charge in [0.2, 0.25) is 11.8 Å². The van der Waals surface area contributed by atoms with Gasteiger partial charge in [0.1, 0.15) is 0 Å². The minimum atomic E-state index is -0.158. The van der Waals surface area contributed by atoms with Gasteiger partial charge in [-0.15, -0.1) is 10.2 Å². The highest BCUT2D eigenvalue weighted by atomic mass is 16.5. The Balaban J connectivity index is 0.683. The van der Waals surface area contributed by atoms with Crippen LogP contribution in [-0.2, 0) is 9.47 Å². The van der Waals surface area contributed by atoms with E-state index in [2.05, 4.69) is 10.2 Å². The van der Waals surface area contributed by atoms with E-state index in [4.69, 9.17) is 13.9 Å². The lowest BCUT2D eigenvalue weighted by molar-refractivity contribution is -0.0554. The number of carbonyl (C=O) groups is 4. The Morgan fingerprint density at radius 3 is 1.02 bits per heavy atom. The van der Waals surface area contributed by atoms with Crippen molar-refractivity contribution in [3.05, 3.63) is 82.6 Å². The Labute approximate surface area is 309 Å². The highest BCUT2D eigenvalue weighted by molar-refractivity contribution is 6.22. The van der Waals surface area contributed by atoms with Crippen LogP contribution in [-0.4, -0.2) is 80.1 Å². The molecule has 0 bridgehead atoms. The van der Waals surface area contributed by atoms with E-state index in [0.717, 1.165) is 115 Å². The van der Waals surface area contributed by atoms with Crippen molar-refractivity contribution in [2.75, 3.05) is 0 Å². The molecule has 0 unspecified atom stereocenters. The van der Waals surface area contributed by atoms with Gasteiger partial charge in [0, 0.05) is 23.9 Å². The number of nitrogens with zero attached hydrogens (tertiary/aromatic N) is 4. The maximum absolute atomic E-state index is 12.9. The molecule has 0 saturated heterocycles. The summed E-state index contributed by atoms with van der Waals surface area (Å²) in [6.07, 6.45) is 15.0. The molecule has 2 aliphatic heterocycles. The number of hydrogen-bond acceptors (Lipinski definition) is 9. The molecular formula is C42H48N4O7. The van der Waals surface area contributed by atoms with Crippen LogP contribution in [0.3, 0.4) is 0 Å². The molecule has 6 aliphatic rings. The molecule has 4 aliphatic carbocycles. The number of rotatable bonds is 8. The molecule has 3 aromatic rings. The first-order chi connectivity index (χ1) is 25.9. The van der Waals surface area contributed by atoms with Gasteiger partial charge in [0.25, 0.3) is 23.6 Å². The van der Waals surface area contributed by atoms with E-state index in [-0.39, 0.29) is 72.0 Å². The molecule has 1 aromatic heterocycles. The molecule has 0 atom stereocenters. The predicted molar refractivity (Wildman–Crippen MR) is 192 cm³/mol. The standard InChI is InChI=1S/C42H48N4O7/c47-39-33-5-1-2-6-34(33)40(48)45(39)27-13-21-31(22-14-27)51-29-17-9-25(10-18-29)37-43-44-38(53-37)26-11-19-30(20-12-26)52-32-23-15-28(16-24-32)46-41(49)35-7-3-4-8-36(35)42(46)50/h1-8,25-32H,9-24H2. The first-order valence-electron chi connectivity index (χ1n) is 20.0. The first-order valence-corrected chi connectivity index (χ1v) is 20.0. The van der Waals surface area contributed by atoms with Gasteiger partial charge in [-0.25, -0.2) is 0 Å². The fraction of sp³-hybridized carbons (Fsp3) is 0.571. The number of amides is 4. The molecule has 0 spiro atoms. The van der Waals surface area contributed by atoms with Crippen molar-refractivity contribution in [2.24, 2.45) is 0 Å². The zero-order chi connectivity index (χ0) is 36.1. The molecule has 0 radical (unpaired) electrons. The lowest BCUT2D eigenvalue weighted by Crippen LogP contribution is -2.43. The molecule has 53 heavy (non-hydrogen) atoms. The smallest absolute Gasteiger partial charge is 0.261 e.